The average molecular weight is 295 g/mol. The van der Waals surface area contributed by atoms with Crippen molar-refractivity contribution in [2.75, 3.05) is 13.6 Å². The van der Waals surface area contributed by atoms with E-state index in [0.717, 1.165) is 18.4 Å². The zero-order valence-electron chi connectivity index (χ0n) is 14.5. The summed E-state index contributed by atoms with van der Waals surface area (Å²) < 4.78 is 5.66. The number of nitrogens with two attached hydrogens (primary N) is 1. The van der Waals surface area contributed by atoms with E-state index in [4.69, 9.17) is 10.5 Å². The van der Waals surface area contributed by atoms with Gasteiger partial charge >= 0.3 is 0 Å². The van der Waals surface area contributed by atoms with E-state index in [1.807, 2.05) is 0 Å². The smallest absolute Gasteiger partial charge is 0.137 e. The Morgan fingerprint density at radius 3 is 2.43 bits per heavy atom. The van der Waals surface area contributed by atoms with E-state index >= 15 is 0 Å². The van der Waals surface area contributed by atoms with Gasteiger partial charge in [0.1, 0.15) is 6.23 Å². The predicted molar refractivity (Wildman–Crippen MR) is 85.9 cm³/mol. The van der Waals surface area contributed by atoms with Crippen molar-refractivity contribution >= 4 is 0 Å². The van der Waals surface area contributed by atoms with Gasteiger partial charge in [-0.2, -0.15) is 0 Å². The Kier molecular flexibility index (Phi) is 3.68. The average Bonchev–Trinajstić information content (AvgIpc) is 3.31. The van der Waals surface area contributed by atoms with E-state index in [0.29, 0.717) is 29.3 Å². The second-order valence-corrected chi connectivity index (χ2v) is 8.43. The van der Waals surface area contributed by atoms with Crippen molar-refractivity contribution in [3.8, 4) is 0 Å². The molecule has 2 saturated carbocycles. The van der Waals surface area contributed by atoms with Crippen LogP contribution in [0.1, 0.15) is 47.5 Å². The third-order valence-electron chi connectivity index (χ3n) is 6.71. The summed E-state index contributed by atoms with van der Waals surface area (Å²) in [5.41, 5.74) is 6.68. The number of hydrogen-bond acceptors (Lipinski definition) is 4. The van der Waals surface area contributed by atoms with Crippen LogP contribution in [-0.4, -0.2) is 48.4 Å². The van der Waals surface area contributed by atoms with Crippen LogP contribution in [-0.2, 0) is 4.74 Å². The van der Waals surface area contributed by atoms with Crippen molar-refractivity contribution in [2.24, 2.45) is 23.0 Å². The van der Waals surface area contributed by atoms with Gasteiger partial charge in [-0.1, -0.05) is 6.92 Å². The molecule has 0 aromatic heterocycles. The molecule has 3 N–H and O–H groups in total. The lowest BCUT2D eigenvalue weighted by molar-refractivity contribution is 0.134. The first kappa shape index (κ1) is 15.7. The Bertz CT molecular complexity index is 415. The highest BCUT2D eigenvalue weighted by Crippen LogP contribution is 2.69. The van der Waals surface area contributed by atoms with Crippen LogP contribution in [0.4, 0.5) is 0 Å². The molecule has 122 valence electrons. The minimum Gasteiger partial charge on any atom is -0.353 e. The van der Waals surface area contributed by atoms with E-state index in [-0.39, 0.29) is 6.04 Å². The van der Waals surface area contributed by atoms with Gasteiger partial charge in [0, 0.05) is 24.2 Å². The van der Waals surface area contributed by atoms with Gasteiger partial charge in [-0.25, -0.2) is 0 Å². The lowest BCUT2D eigenvalue weighted by Gasteiger charge is -2.27. The van der Waals surface area contributed by atoms with Gasteiger partial charge in [-0.3, -0.25) is 4.90 Å². The van der Waals surface area contributed by atoms with Gasteiger partial charge in [0.25, 0.3) is 0 Å². The highest BCUT2D eigenvalue weighted by atomic mass is 16.6. The maximum absolute atomic E-state index is 5.86. The molecule has 0 amide bonds. The van der Waals surface area contributed by atoms with E-state index in [1.54, 1.807) is 0 Å². The summed E-state index contributed by atoms with van der Waals surface area (Å²) in [7, 11) is 2.24. The highest BCUT2D eigenvalue weighted by molar-refractivity contribution is 5.21. The van der Waals surface area contributed by atoms with Crippen LogP contribution in [0.15, 0.2) is 0 Å². The van der Waals surface area contributed by atoms with Crippen LogP contribution in [0.2, 0.25) is 0 Å². The number of rotatable bonds is 7. The first-order valence-electron chi connectivity index (χ1n) is 8.57. The fraction of sp³-hybridized carbons (Fsp3) is 1.00. The van der Waals surface area contributed by atoms with Crippen LogP contribution >= 0.6 is 0 Å². The molecular weight excluding hydrogens is 262 g/mol. The lowest BCUT2D eigenvalue weighted by atomic mass is 9.94. The first-order chi connectivity index (χ1) is 9.70. The van der Waals surface area contributed by atoms with Crippen molar-refractivity contribution in [3.05, 3.63) is 0 Å². The molecule has 4 heteroatoms. The number of hydrogen-bond donors (Lipinski definition) is 2. The highest BCUT2D eigenvalue weighted by Gasteiger charge is 2.69. The number of likely N-dealkylation sites (N-methyl/N-ethyl adjacent to an activating group) is 1. The SMILES string of the molecule is CC1O[C@H]1N(C)C1(C)C[C@@H]1C1C[C@]1(C)[C@@H](C)NC[C@@H](C)N. The topological polar surface area (TPSA) is 53.8 Å². The van der Waals surface area contributed by atoms with Crippen molar-refractivity contribution in [1.82, 2.24) is 10.2 Å². The summed E-state index contributed by atoms with van der Waals surface area (Å²) in [6.07, 6.45) is 3.47. The zero-order valence-corrected chi connectivity index (χ0v) is 14.5. The minimum atomic E-state index is 0.235. The van der Waals surface area contributed by atoms with Crippen LogP contribution in [0.3, 0.4) is 0 Å². The molecule has 0 radical (unpaired) electrons. The van der Waals surface area contributed by atoms with Crippen LogP contribution in [0.5, 0.6) is 0 Å². The molecule has 0 aromatic carbocycles. The summed E-state index contributed by atoms with van der Waals surface area (Å²) >= 11 is 0. The molecule has 0 spiro atoms. The summed E-state index contributed by atoms with van der Waals surface area (Å²) in [4.78, 5) is 2.49. The first-order valence-corrected chi connectivity index (χ1v) is 8.57. The molecule has 1 aliphatic heterocycles. The Balaban J connectivity index is 1.54. The lowest BCUT2D eigenvalue weighted by Crippen LogP contribution is -2.42. The Hall–Kier alpha value is -0.160. The summed E-state index contributed by atoms with van der Waals surface area (Å²) in [5, 5.41) is 3.63. The molecule has 2 aliphatic carbocycles. The molecule has 1 heterocycles. The molecule has 3 unspecified atom stereocenters. The minimum absolute atomic E-state index is 0.235. The molecule has 0 bridgehead atoms. The van der Waals surface area contributed by atoms with E-state index in [9.17, 15) is 0 Å². The standard InChI is InChI=1S/C17H33N3O/c1-10(18)9-19-12(3)16(4)7-13(16)14-8-17(14,5)20(6)15-11(2)21-15/h10-15,19H,7-9,18H2,1-6H3/t10-,11?,12-,13?,14-,15-,16-,17?/m1/s1. The van der Waals surface area contributed by atoms with Crippen molar-refractivity contribution in [1.29, 1.82) is 0 Å². The second-order valence-electron chi connectivity index (χ2n) is 8.43. The fourth-order valence-electron chi connectivity index (χ4n) is 4.35. The van der Waals surface area contributed by atoms with Gasteiger partial charge < -0.3 is 15.8 Å². The second kappa shape index (κ2) is 4.92. The van der Waals surface area contributed by atoms with Crippen LogP contribution < -0.4 is 11.1 Å². The number of nitrogens with one attached hydrogen (secondary N) is 1. The Labute approximate surface area is 129 Å². The predicted octanol–water partition coefficient (Wildman–Crippen LogP) is 1.79. The molecule has 8 atom stereocenters. The molecule has 21 heavy (non-hydrogen) atoms. The molecule has 4 nitrogen and oxygen atoms in total. The van der Waals surface area contributed by atoms with E-state index < -0.39 is 0 Å². The molecule has 3 aliphatic rings. The Morgan fingerprint density at radius 2 is 1.90 bits per heavy atom. The fourth-order valence-corrected chi connectivity index (χ4v) is 4.35. The van der Waals surface area contributed by atoms with Gasteiger partial charge in [-0.05, 0) is 64.8 Å². The number of ether oxygens (including phenoxy) is 1. The molecule has 3 fully saturated rings. The molecule has 1 saturated heterocycles. The van der Waals surface area contributed by atoms with Gasteiger partial charge in [0.15, 0.2) is 0 Å². The van der Waals surface area contributed by atoms with Crippen molar-refractivity contribution in [2.45, 2.75) is 77.4 Å². The monoisotopic (exact) mass is 295 g/mol. The normalized spacial score (nSPS) is 50.9. The quantitative estimate of drug-likeness (QED) is 0.703. The van der Waals surface area contributed by atoms with Gasteiger partial charge in [-0.15, -0.1) is 0 Å². The molecular formula is C17H33N3O. The molecule has 0 aromatic rings. The number of epoxide rings is 1. The number of nitrogens with zero attached hydrogens (tertiary/aromatic N) is 1. The maximum Gasteiger partial charge on any atom is 0.137 e. The van der Waals surface area contributed by atoms with Crippen molar-refractivity contribution in [3.63, 3.8) is 0 Å². The van der Waals surface area contributed by atoms with Gasteiger partial charge in [0.05, 0.1) is 6.10 Å². The summed E-state index contributed by atoms with van der Waals surface area (Å²) in [6.45, 7) is 12.4. The maximum atomic E-state index is 5.86. The molecule has 3 rings (SSSR count). The summed E-state index contributed by atoms with van der Waals surface area (Å²) in [6, 6.07) is 0.791. The van der Waals surface area contributed by atoms with Crippen molar-refractivity contribution < 1.29 is 4.74 Å². The Morgan fingerprint density at radius 1 is 1.29 bits per heavy atom. The van der Waals surface area contributed by atoms with E-state index in [2.05, 4.69) is 51.9 Å². The van der Waals surface area contributed by atoms with Crippen LogP contribution in [0, 0.1) is 17.3 Å². The third kappa shape index (κ3) is 2.65. The van der Waals surface area contributed by atoms with Gasteiger partial charge in [0.2, 0.25) is 0 Å². The van der Waals surface area contributed by atoms with Crippen LogP contribution in [0.25, 0.3) is 0 Å². The third-order valence-corrected chi connectivity index (χ3v) is 6.71. The summed E-state index contributed by atoms with van der Waals surface area (Å²) in [5.74, 6) is 1.69. The largest absolute Gasteiger partial charge is 0.353 e. The zero-order chi connectivity index (χ0) is 15.6. The van der Waals surface area contributed by atoms with E-state index in [1.165, 1.54) is 12.8 Å².